The Bertz CT molecular complexity index is 1210. The molecule has 0 bridgehead atoms. The first kappa shape index (κ1) is 21.9. The topological polar surface area (TPSA) is 77.8 Å². The van der Waals surface area contributed by atoms with E-state index >= 15 is 0 Å². The number of Topliss-reactive ketones (excluding diaryl/α,β-unsaturated/α-hetero) is 1. The first-order valence-corrected chi connectivity index (χ1v) is 10.7. The van der Waals surface area contributed by atoms with E-state index in [0.717, 1.165) is 5.56 Å². The Morgan fingerprint density at radius 1 is 0.938 bits per heavy atom. The maximum absolute atomic E-state index is 13.2. The van der Waals surface area contributed by atoms with Gasteiger partial charge in [-0.3, -0.25) is 14.5 Å². The van der Waals surface area contributed by atoms with Crippen LogP contribution in [0, 0.1) is 0 Å². The fraction of sp³-hybridized carbons (Fsp3) is 0.120. The van der Waals surface area contributed by atoms with Crippen LogP contribution in [0.25, 0.3) is 0 Å². The van der Waals surface area contributed by atoms with Crippen molar-refractivity contribution >= 4 is 40.6 Å². The molecule has 0 radical (unpaired) electrons. The molecule has 1 aliphatic heterocycles. The van der Waals surface area contributed by atoms with Crippen LogP contribution in [-0.2, 0) is 16.0 Å². The number of ketones is 1. The maximum atomic E-state index is 13.2. The largest absolute Gasteiger partial charge is 0.506 e. The molecule has 1 aliphatic rings. The Kier molecular flexibility index (Phi) is 6.21. The molecule has 162 valence electrons. The Hall–Kier alpha value is -3.28. The number of rotatable bonds is 6. The van der Waals surface area contributed by atoms with Gasteiger partial charge in [0.05, 0.1) is 16.6 Å². The molecule has 32 heavy (non-hydrogen) atoms. The number of hydrogen-bond donors (Lipinski definition) is 2. The van der Waals surface area contributed by atoms with E-state index in [4.69, 9.17) is 23.2 Å². The molecule has 0 aromatic heterocycles. The molecule has 4 rings (SSSR count). The van der Waals surface area contributed by atoms with E-state index < -0.39 is 17.7 Å². The van der Waals surface area contributed by atoms with E-state index in [0.29, 0.717) is 22.7 Å². The standard InChI is InChI=1S/C25H19Cl2NO4/c26-17-8-10-18(11-9-17)28-23(16-7-13-20(29)19(27)14-16)22(24(31)25(28)32)21(30)12-6-15-4-2-1-3-5-15/h1-5,7-11,13-14,23,29,31H,6,12H2. The Labute approximate surface area is 195 Å². The summed E-state index contributed by atoms with van der Waals surface area (Å²) in [5, 5.41) is 21.1. The molecule has 1 heterocycles. The SMILES string of the molecule is O=C(CCc1ccccc1)C1=C(O)C(=O)N(c2ccc(Cl)cc2)C1c1ccc(O)c(Cl)c1. The summed E-state index contributed by atoms with van der Waals surface area (Å²) in [4.78, 5) is 27.6. The summed E-state index contributed by atoms with van der Waals surface area (Å²) in [5.41, 5.74) is 1.93. The average Bonchev–Trinajstić information content (AvgIpc) is 3.06. The molecule has 2 N–H and O–H groups in total. The highest BCUT2D eigenvalue weighted by molar-refractivity contribution is 6.32. The minimum atomic E-state index is -0.898. The molecule has 0 saturated carbocycles. The van der Waals surface area contributed by atoms with Gasteiger partial charge in [0, 0.05) is 17.1 Å². The molecule has 0 saturated heterocycles. The quantitative estimate of drug-likeness (QED) is 0.479. The van der Waals surface area contributed by atoms with Crippen LogP contribution in [0.4, 0.5) is 5.69 Å². The van der Waals surface area contributed by atoms with Gasteiger partial charge in [0.15, 0.2) is 11.5 Å². The highest BCUT2D eigenvalue weighted by Gasteiger charge is 2.44. The summed E-state index contributed by atoms with van der Waals surface area (Å²) in [6, 6.07) is 19.6. The van der Waals surface area contributed by atoms with E-state index in [1.165, 1.54) is 17.0 Å². The molecule has 0 spiro atoms. The third kappa shape index (κ3) is 4.22. The number of benzene rings is 3. The van der Waals surface area contributed by atoms with Gasteiger partial charge in [-0.25, -0.2) is 0 Å². The van der Waals surface area contributed by atoms with Gasteiger partial charge in [0.25, 0.3) is 5.91 Å². The number of hydrogen-bond acceptors (Lipinski definition) is 4. The zero-order valence-corrected chi connectivity index (χ0v) is 18.3. The number of aliphatic hydroxyl groups excluding tert-OH is 1. The lowest BCUT2D eigenvalue weighted by Gasteiger charge is -2.27. The van der Waals surface area contributed by atoms with Crippen LogP contribution in [0.3, 0.4) is 0 Å². The van der Waals surface area contributed by atoms with Gasteiger partial charge in [0.1, 0.15) is 5.75 Å². The van der Waals surface area contributed by atoms with Crippen molar-refractivity contribution in [2.24, 2.45) is 0 Å². The molecule has 0 aliphatic carbocycles. The smallest absolute Gasteiger partial charge is 0.294 e. The lowest BCUT2D eigenvalue weighted by Crippen LogP contribution is -2.31. The Morgan fingerprint density at radius 3 is 2.28 bits per heavy atom. The fourth-order valence-electron chi connectivity index (χ4n) is 3.80. The van der Waals surface area contributed by atoms with Crippen LogP contribution in [0.5, 0.6) is 5.75 Å². The molecule has 1 unspecified atom stereocenters. The molecule has 0 fully saturated rings. The number of aryl methyl sites for hydroxylation is 1. The normalized spacial score (nSPS) is 16.0. The average molecular weight is 468 g/mol. The summed E-state index contributed by atoms with van der Waals surface area (Å²) < 4.78 is 0. The molecular weight excluding hydrogens is 449 g/mol. The predicted molar refractivity (Wildman–Crippen MR) is 124 cm³/mol. The van der Waals surface area contributed by atoms with E-state index in [2.05, 4.69) is 0 Å². The van der Waals surface area contributed by atoms with Gasteiger partial charge in [-0.05, 0) is 53.9 Å². The highest BCUT2D eigenvalue weighted by atomic mass is 35.5. The molecule has 3 aromatic carbocycles. The number of carbonyl (C=O) groups excluding carboxylic acids is 2. The van der Waals surface area contributed by atoms with Crippen LogP contribution >= 0.6 is 23.2 Å². The van der Waals surface area contributed by atoms with Crippen LogP contribution in [-0.4, -0.2) is 21.9 Å². The number of aliphatic hydroxyl groups is 1. The van der Waals surface area contributed by atoms with Crippen molar-refractivity contribution in [1.29, 1.82) is 0 Å². The lowest BCUT2D eigenvalue weighted by atomic mass is 9.93. The Balaban J connectivity index is 1.75. The van der Waals surface area contributed by atoms with Gasteiger partial charge in [0.2, 0.25) is 0 Å². The summed E-state index contributed by atoms with van der Waals surface area (Å²) in [5.74, 6) is -1.75. The monoisotopic (exact) mass is 467 g/mol. The van der Waals surface area contributed by atoms with E-state index in [-0.39, 0.29) is 28.5 Å². The van der Waals surface area contributed by atoms with Gasteiger partial charge >= 0.3 is 0 Å². The lowest BCUT2D eigenvalue weighted by molar-refractivity contribution is -0.118. The van der Waals surface area contributed by atoms with Crippen molar-refractivity contribution in [3.05, 3.63) is 105 Å². The van der Waals surface area contributed by atoms with Crippen LogP contribution in [0.2, 0.25) is 10.0 Å². The zero-order valence-electron chi connectivity index (χ0n) is 16.8. The van der Waals surface area contributed by atoms with Crippen molar-refractivity contribution < 1.29 is 19.8 Å². The predicted octanol–water partition coefficient (Wildman–Crippen LogP) is 5.80. The number of anilines is 1. The molecule has 3 aromatic rings. The first-order valence-electron chi connectivity index (χ1n) is 9.94. The number of amides is 1. The second kappa shape index (κ2) is 9.07. The van der Waals surface area contributed by atoms with Gasteiger partial charge < -0.3 is 10.2 Å². The number of halogens is 2. The van der Waals surface area contributed by atoms with Crippen molar-refractivity contribution in [2.75, 3.05) is 4.90 Å². The molecular formula is C25H19Cl2NO4. The van der Waals surface area contributed by atoms with Crippen molar-refractivity contribution in [2.45, 2.75) is 18.9 Å². The zero-order chi connectivity index (χ0) is 22.8. The van der Waals surface area contributed by atoms with Crippen LogP contribution < -0.4 is 4.90 Å². The summed E-state index contributed by atoms with van der Waals surface area (Å²) in [7, 11) is 0. The number of phenolic OH excluding ortho intramolecular Hbond substituents is 1. The Morgan fingerprint density at radius 2 is 1.62 bits per heavy atom. The van der Waals surface area contributed by atoms with Crippen molar-refractivity contribution in [3.8, 4) is 5.75 Å². The highest BCUT2D eigenvalue weighted by Crippen LogP contribution is 2.43. The van der Waals surface area contributed by atoms with E-state index in [1.54, 1.807) is 30.3 Å². The number of aromatic hydroxyl groups is 1. The molecule has 1 amide bonds. The second-order valence-corrected chi connectivity index (χ2v) is 8.28. The third-order valence-corrected chi connectivity index (χ3v) is 5.94. The van der Waals surface area contributed by atoms with Crippen molar-refractivity contribution in [3.63, 3.8) is 0 Å². The summed E-state index contributed by atoms with van der Waals surface area (Å²) in [6.45, 7) is 0. The summed E-state index contributed by atoms with van der Waals surface area (Å²) in [6.07, 6.45) is 0.585. The first-order chi connectivity index (χ1) is 15.4. The van der Waals surface area contributed by atoms with Gasteiger partial charge in [-0.15, -0.1) is 0 Å². The van der Waals surface area contributed by atoms with Gasteiger partial charge in [-0.1, -0.05) is 59.6 Å². The number of phenols is 1. The van der Waals surface area contributed by atoms with E-state index in [9.17, 15) is 19.8 Å². The van der Waals surface area contributed by atoms with Gasteiger partial charge in [-0.2, -0.15) is 0 Å². The number of nitrogens with zero attached hydrogens (tertiary/aromatic N) is 1. The third-order valence-electron chi connectivity index (χ3n) is 5.38. The fourth-order valence-corrected chi connectivity index (χ4v) is 4.12. The summed E-state index contributed by atoms with van der Waals surface area (Å²) >= 11 is 12.1. The molecule has 7 heteroatoms. The molecule has 1 atom stereocenters. The van der Waals surface area contributed by atoms with E-state index in [1.807, 2.05) is 30.3 Å². The maximum Gasteiger partial charge on any atom is 0.294 e. The minimum Gasteiger partial charge on any atom is -0.506 e. The number of carbonyl (C=O) groups is 2. The van der Waals surface area contributed by atoms with Crippen LogP contribution in [0.1, 0.15) is 23.6 Å². The van der Waals surface area contributed by atoms with Crippen LogP contribution in [0.15, 0.2) is 84.1 Å². The minimum absolute atomic E-state index is 0.00244. The second-order valence-electron chi connectivity index (χ2n) is 7.44. The molecule has 5 nitrogen and oxygen atoms in total. The van der Waals surface area contributed by atoms with Crippen molar-refractivity contribution in [1.82, 2.24) is 0 Å².